The first kappa shape index (κ1) is 10.7. The predicted molar refractivity (Wildman–Crippen MR) is 54.5 cm³/mol. The van der Waals surface area contributed by atoms with Gasteiger partial charge in [-0.15, -0.1) is 11.3 Å². The number of hydrogen-bond acceptors (Lipinski definition) is 1. The fraction of sp³-hybridized carbons (Fsp3) is 0.600. The van der Waals surface area contributed by atoms with E-state index in [1.165, 1.54) is 22.4 Å². The smallest absolute Gasteiger partial charge is 0.00743 e. The van der Waals surface area contributed by atoms with E-state index in [-0.39, 0.29) is 0 Å². The summed E-state index contributed by atoms with van der Waals surface area (Å²) >= 11 is 1.88. The van der Waals surface area contributed by atoms with E-state index in [0.29, 0.717) is 0 Å². The van der Waals surface area contributed by atoms with Crippen molar-refractivity contribution in [3.05, 3.63) is 21.4 Å². The van der Waals surface area contributed by atoms with Crippen LogP contribution in [0.3, 0.4) is 0 Å². The first-order valence-corrected chi connectivity index (χ1v) is 5.17. The minimum atomic E-state index is 1.18. The van der Waals surface area contributed by atoms with Crippen molar-refractivity contribution in [1.82, 2.24) is 0 Å². The average molecular weight is 170 g/mol. The van der Waals surface area contributed by atoms with E-state index in [0.717, 1.165) is 0 Å². The zero-order chi connectivity index (χ0) is 8.85. The summed E-state index contributed by atoms with van der Waals surface area (Å²) in [5.74, 6) is 0. The highest BCUT2D eigenvalue weighted by Crippen LogP contribution is 2.20. The molecule has 0 radical (unpaired) electrons. The lowest BCUT2D eigenvalue weighted by atomic mass is 10.2. The van der Waals surface area contributed by atoms with E-state index < -0.39 is 0 Å². The highest BCUT2D eigenvalue weighted by atomic mass is 32.1. The van der Waals surface area contributed by atoms with E-state index in [9.17, 15) is 0 Å². The molecule has 0 amide bonds. The molecule has 64 valence electrons. The molecule has 1 heteroatoms. The van der Waals surface area contributed by atoms with Gasteiger partial charge in [-0.3, -0.25) is 0 Å². The third-order valence-electron chi connectivity index (χ3n) is 1.71. The van der Waals surface area contributed by atoms with Gasteiger partial charge in [0.1, 0.15) is 0 Å². The third-order valence-corrected chi connectivity index (χ3v) is 3.06. The van der Waals surface area contributed by atoms with Crippen LogP contribution in [0.1, 0.15) is 36.8 Å². The van der Waals surface area contributed by atoms with Gasteiger partial charge in [0, 0.05) is 4.88 Å². The molecular weight excluding hydrogens is 152 g/mol. The van der Waals surface area contributed by atoms with Crippen LogP contribution in [0.5, 0.6) is 0 Å². The molecule has 1 heterocycles. The molecule has 0 nitrogen and oxygen atoms in total. The van der Waals surface area contributed by atoms with Crippen LogP contribution in [-0.2, 0) is 6.42 Å². The second-order valence-corrected chi connectivity index (χ2v) is 3.28. The Balaban J connectivity index is 0.000000461. The molecular formula is C10H18S. The van der Waals surface area contributed by atoms with Crippen LogP contribution in [0.25, 0.3) is 0 Å². The summed E-state index contributed by atoms with van der Waals surface area (Å²) in [5.41, 5.74) is 2.93. The van der Waals surface area contributed by atoms with Gasteiger partial charge < -0.3 is 0 Å². The molecule has 0 N–H and O–H groups in total. The molecule has 0 aliphatic heterocycles. The fourth-order valence-electron chi connectivity index (χ4n) is 0.905. The molecule has 0 aliphatic rings. The lowest BCUT2D eigenvalue weighted by Gasteiger charge is -1.91. The first-order valence-electron chi connectivity index (χ1n) is 4.29. The Morgan fingerprint density at radius 1 is 1.27 bits per heavy atom. The molecule has 0 unspecified atom stereocenters. The Bertz CT molecular complexity index is 199. The summed E-state index contributed by atoms with van der Waals surface area (Å²) in [7, 11) is 0. The summed E-state index contributed by atoms with van der Waals surface area (Å²) in [6.07, 6.45) is 1.18. The number of hydrogen-bond donors (Lipinski definition) is 0. The zero-order valence-corrected chi connectivity index (χ0v) is 9.01. The average Bonchev–Trinajstić information content (AvgIpc) is 2.37. The molecule has 0 spiro atoms. The topological polar surface area (TPSA) is 0 Å². The van der Waals surface area contributed by atoms with Crippen molar-refractivity contribution < 1.29 is 0 Å². The molecule has 11 heavy (non-hydrogen) atoms. The van der Waals surface area contributed by atoms with Crippen LogP contribution >= 0.6 is 11.3 Å². The molecule has 0 atom stereocenters. The fourth-order valence-corrected chi connectivity index (χ4v) is 1.90. The van der Waals surface area contributed by atoms with Crippen LogP contribution in [-0.4, -0.2) is 0 Å². The lowest BCUT2D eigenvalue weighted by Crippen LogP contribution is -1.77. The summed E-state index contributed by atoms with van der Waals surface area (Å²) in [6.45, 7) is 10.6. The van der Waals surface area contributed by atoms with Gasteiger partial charge in [0.15, 0.2) is 0 Å². The van der Waals surface area contributed by atoms with Gasteiger partial charge in [0.05, 0.1) is 0 Å². The maximum Gasteiger partial charge on any atom is 0.00743 e. The maximum absolute atomic E-state index is 2.23. The number of rotatable bonds is 1. The van der Waals surface area contributed by atoms with E-state index in [1.54, 1.807) is 0 Å². The largest absolute Gasteiger partial charge is 0.148 e. The number of thiophene rings is 1. The van der Waals surface area contributed by atoms with Crippen molar-refractivity contribution in [2.45, 2.75) is 41.0 Å². The Labute approximate surface area is 74.3 Å². The van der Waals surface area contributed by atoms with Crippen LogP contribution in [0, 0.1) is 13.8 Å². The van der Waals surface area contributed by atoms with Crippen LogP contribution in [0.15, 0.2) is 5.38 Å². The van der Waals surface area contributed by atoms with Gasteiger partial charge in [0.2, 0.25) is 0 Å². The van der Waals surface area contributed by atoms with E-state index in [2.05, 4.69) is 26.2 Å². The quantitative estimate of drug-likeness (QED) is 0.598. The second kappa shape index (κ2) is 5.36. The molecule has 1 rings (SSSR count). The molecule has 0 aromatic carbocycles. The SMILES string of the molecule is CC.CCc1scc(C)c1C. The van der Waals surface area contributed by atoms with E-state index in [1.807, 2.05) is 25.2 Å². The van der Waals surface area contributed by atoms with Gasteiger partial charge in [-0.25, -0.2) is 0 Å². The second-order valence-electron chi connectivity index (χ2n) is 2.32. The summed E-state index contributed by atoms with van der Waals surface area (Å²) in [4.78, 5) is 1.53. The zero-order valence-electron chi connectivity index (χ0n) is 8.19. The van der Waals surface area contributed by atoms with Gasteiger partial charge in [0.25, 0.3) is 0 Å². The van der Waals surface area contributed by atoms with Crippen molar-refractivity contribution in [3.63, 3.8) is 0 Å². The molecule has 0 bridgehead atoms. The van der Waals surface area contributed by atoms with Crippen molar-refractivity contribution >= 4 is 11.3 Å². The normalized spacial score (nSPS) is 8.82. The molecule has 0 aliphatic carbocycles. The van der Waals surface area contributed by atoms with Gasteiger partial charge >= 0.3 is 0 Å². The highest BCUT2D eigenvalue weighted by Gasteiger charge is 1.99. The maximum atomic E-state index is 2.23. The Hall–Kier alpha value is -0.300. The molecule has 1 aromatic heterocycles. The van der Waals surface area contributed by atoms with E-state index in [4.69, 9.17) is 0 Å². The highest BCUT2D eigenvalue weighted by molar-refractivity contribution is 7.10. The molecule has 0 saturated heterocycles. The monoisotopic (exact) mass is 170 g/mol. The van der Waals surface area contributed by atoms with Crippen molar-refractivity contribution in [3.8, 4) is 0 Å². The third kappa shape index (κ3) is 2.66. The Kier molecular flexibility index (Phi) is 5.22. The Morgan fingerprint density at radius 2 is 1.82 bits per heavy atom. The van der Waals surface area contributed by atoms with Gasteiger partial charge in [-0.05, 0) is 36.8 Å². The van der Waals surface area contributed by atoms with Crippen molar-refractivity contribution in [2.75, 3.05) is 0 Å². The van der Waals surface area contributed by atoms with Crippen LogP contribution in [0.2, 0.25) is 0 Å². The predicted octanol–water partition coefficient (Wildman–Crippen LogP) is 3.95. The first-order chi connectivity index (χ1) is 5.25. The van der Waals surface area contributed by atoms with Crippen molar-refractivity contribution in [2.24, 2.45) is 0 Å². The summed E-state index contributed by atoms with van der Waals surface area (Å²) in [6, 6.07) is 0. The number of aryl methyl sites for hydroxylation is 2. The molecule has 0 saturated carbocycles. The van der Waals surface area contributed by atoms with Crippen LogP contribution < -0.4 is 0 Å². The van der Waals surface area contributed by atoms with E-state index >= 15 is 0 Å². The Morgan fingerprint density at radius 3 is 2.00 bits per heavy atom. The summed E-state index contributed by atoms with van der Waals surface area (Å²) < 4.78 is 0. The molecule has 0 fully saturated rings. The standard InChI is InChI=1S/C8H12S.C2H6/c1-4-8-7(3)6(2)5-9-8;1-2/h5H,4H2,1-3H3;1-2H3. The summed E-state index contributed by atoms with van der Waals surface area (Å²) in [5, 5.41) is 2.23. The van der Waals surface area contributed by atoms with Gasteiger partial charge in [-0.1, -0.05) is 20.8 Å². The van der Waals surface area contributed by atoms with Crippen molar-refractivity contribution in [1.29, 1.82) is 0 Å². The molecule has 1 aromatic rings. The van der Waals surface area contributed by atoms with Crippen LogP contribution in [0.4, 0.5) is 0 Å². The van der Waals surface area contributed by atoms with Gasteiger partial charge in [-0.2, -0.15) is 0 Å². The minimum absolute atomic E-state index is 1.18. The minimum Gasteiger partial charge on any atom is -0.148 e. The lowest BCUT2D eigenvalue weighted by molar-refractivity contribution is 1.15.